The van der Waals surface area contributed by atoms with Crippen molar-refractivity contribution in [3.63, 3.8) is 0 Å². The largest absolute Gasteiger partial charge is 0.300 e. The minimum absolute atomic E-state index is 0.0916. The minimum Gasteiger partial charge on any atom is -0.300 e. The van der Waals surface area contributed by atoms with Crippen LogP contribution in [0.2, 0.25) is 0 Å². The molecule has 0 aromatic heterocycles. The molecule has 19 heavy (non-hydrogen) atoms. The molecule has 0 bridgehead atoms. The van der Waals surface area contributed by atoms with Gasteiger partial charge in [-0.15, -0.1) is 0 Å². The predicted octanol–water partition coefficient (Wildman–Crippen LogP) is 3.10. The second-order valence-corrected chi connectivity index (χ2v) is 8.13. The Morgan fingerprint density at radius 1 is 1.16 bits per heavy atom. The van der Waals surface area contributed by atoms with Crippen molar-refractivity contribution in [1.82, 2.24) is 4.90 Å². The molecular formula is C14H20BrNO2S. The summed E-state index contributed by atoms with van der Waals surface area (Å²) in [6, 6.07) is 6.98. The van der Waals surface area contributed by atoms with Gasteiger partial charge < -0.3 is 0 Å². The van der Waals surface area contributed by atoms with Crippen molar-refractivity contribution >= 4 is 25.8 Å². The van der Waals surface area contributed by atoms with Gasteiger partial charge in [-0.25, -0.2) is 8.42 Å². The molecule has 1 aliphatic rings. The molecule has 0 unspecified atom stereocenters. The summed E-state index contributed by atoms with van der Waals surface area (Å²) >= 11 is 3.32. The first-order valence-electron chi connectivity index (χ1n) is 6.71. The van der Waals surface area contributed by atoms with Crippen LogP contribution in [-0.2, 0) is 9.84 Å². The maximum Gasteiger partial charge on any atom is 0.179 e. The molecule has 0 radical (unpaired) electrons. The van der Waals surface area contributed by atoms with Gasteiger partial charge in [-0.05, 0) is 57.1 Å². The van der Waals surface area contributed by atoms with Crippen molar-refractivity contribution in [2.45, 2.75) is 37.1 Å². The number of hydrogen-bond acceptors (Lipinski definition) is 3. The zero-order chi connectivity index (χ0) is 13.9. The average molecular weight is 346 g/mol. The Bertz CT molecular complexity index is 507. The Morgan fingerprint density at radius 3 is 2.32 bits per heavy atom. The van der Waals surface area contributed by atoms with Crippen LogP contribution in [0.4, 0.5) is 0 Å². The molecule has 106 valence electrons. The molecule has 2 rings (SSSR count). The Morgan fingerprint density at radius 2 is 1.74 bits per heavy atom. The van der Waals surface area contributed by atoms with Crippen LogP contribution in [0.25, 0.3) is 0 Å². The molecule has 1 fully saturated rings. The van der Waals surface area contributed by atoms with E-state index in [1.807, 2.05) is 6.92 Å². The molecule has 0 aliphatic carbocycles. The van der Waals surface area contributed by atoms with E-state index in [1.54, 1.807) is 24.3 Å². The van der Waals surface area contributed by atoms with Crippen molar-refractivity contribution in [3.05, 3.63) is 28.7 Å². The number of nitrogens with zero attached hydrogens (tertiary/aromatic N) is 1. The quantitative estimate of drug-likeness (QED) is 0.841. The summed E-state index contributed by atoms with van der Waals surface area (Å²) in [6.07, 6.45) is 3.63. The van der Waals surface area contributed by atoms with Crippen molar-refractivity contribution in [3.8, 4) is 0 Å². The van der Waals surface area contributed by atoms with Crippen LogP contribution in [0, 0.1) is 0 Å². The smallest absolute Gasteiger partial charge is 0.179 e. The number of sulfone groups is 1. The van der Waals surface area contributed by atoms with Crippen LogP contribution >= 0.6 is 15.9 Å². The molecule has 1 heterocycles. The van der Waals surface area contributed by atoms with E-state index in [0.717, 1.165) is 17.6 Å². The van der Waals surface area contributed by atoms with E-state index in [-0.39, 0.29) is 11.8 Å². The van der Waals surface area contributed by atoms with E-state index >= 15 is 0 Å². The fraction of sp³-hybridized carbons (Fsp3) is 0.571. The van der Waals surface area contributed by atoms with Crippen LogP contribution in [0.1, 0.15) is 26.2 Å². The lowest BCUT2D eigenvalue weighted by Crippen LogP contribution is -2.41. The highest BCUT2D eigenvalue weighted by Crippen LogP contribution is 2.19. The maximum absolute atomic E-state index is 12.4. The number of halogens is 1. The third-order valence-corrected chi connectivity index (χ3v) is 6.09. The summed E-state index contributed by atoms with van der Waals surface area (Å²) in [7, 11) is -3.19. The molecule has 0 spiro atoms. The Kier molecular flexibility index (Phi) is 5.03. The fourth-order valence-electron chi connectivity index (χ4n) is 2.52. The molecule has 1 atom stereocenters. The zero-order valence-corrected chi connectivity index (χ0v) is 13.6. The average Bonchev–Trinajstić information content (AvgIpc) is 2.40. The van der Waals surface area contributed by atoms with Gasteiger partial charge in [0.05, 0.1) is 10.6 Å². The van der Waals surface area contributed by atoms with Crippen LogP contribution in [0.3, 0.4) is 0 Å². The first-order valence-corrected chi connectivity index (χ1v) is 9.16. The van der Waals surface area contributed by atoms with Crippen LogP contribution in [-0.4, -0.2) is 38.2 Å². The lowest BCUT2D eigenvalue weighted by atomic mass is 10.1. The Hall–Kier alpha value is -0.390. The van der Waals surface area contributed by atoms with Gasteiger partial charge in [0.25, 0.3) is 0 Å². The van der Waals surface area contributed by atoms with E-state index in [1.165, 1.54) is 19.3 Å². The van der Waals surface area contributed by atoms with E-state index in [2.05, 4.69) is 20.8 Å². The van der Waals surface area contributed by atoms with Gasteiger partial charge in [-0.1, -0.05) is 22.4 Å². The van der Waals surface area contributed by atoms with Gasteiger partial charge in [-0.3, -0.25) is 4.90 Å². The summed E-state index contributed by atoms with van der Waals surface area (Å²) in [6.45, 7) is 4.07. The molecule has 1 aromatic rings. The monoisotopic (exact) mass is 345 g/mol. The number of piperidine rings is 1. The number of benzene rings is 1. The maximum atomic E-state index is 12.4. The molecular weight excluding hydrogens is 326 g/mol. The van der Waals surface area contributed by atoms with Crippen molar-refractivity contribution in [2.24, 2.45) is 0 Å². The van der Waals surface area contributed by atoms with Crippen molar-refractivity contribution in [1.29, 1.82) is 0 Å². The van der Waals surface area contributed by atoms with Crippen LogP contribution in [0.5, 0.6) is 0 Å². The molecule has 0 amide bonds. The summed E-state index contributed by atoms with van der Waals surface area (Å²) in [5, 5.41) is 0. The highest BCUT2D eigenvalue weighted by atomic mass is 79.9. The van der Waals surface area contributed by atoms with E-state index in [9.17, 15) is 8.42 Å². The standard InChI is InChI=1S/C14H20BrNO2S/c1-12(16-9-3-2-4-10-16)11-19(17,18)14-7-5-13(15)6-8-14/h5-8,12H,2-4,9-11H2,1H3/t12-/m1/s1. The lowest BCUT2D eigenvalue weighted by Gasteiger charge is -2.32. The third kappa shape index (κ3) is 4.04. The SMILES string of the molecule is C[C@H](CS(=O)(=O)c1ccc(Br)cc1)N1CCCCC1. The molecule has 3 nitrogen and oxygen atoms in total. The highest BCUT2D eigenvalue weighted by molar-refractivity contribution is 9.10. The van der Waals surface area contributed by atoms with Gasteiger partial charge in [0.2, 0.25) is 0 Å². The van der Waals surface area contributed by atoms with Crippen molar-refractivity contribution in [2.75, 3.05) is 18.8 Å². The molecule has 0 N–H and O–H groups in total. The van der Waals surface area contributed by atoms with Crippen molar-refractivity contribution < 1.29 is 8.42 Å². The van der Waals surface area contributed by atoms with E-state index < -0.39 is 9.84 Å². The minimum atomic E-state index is -3.19. The van der Waals surface area contributed by atoms with Crippen LogP contribution < -0.4 is 0 Å². The number of rotatable bonds is 4. The van der Waals surface area contributed by atoms with Gasteiger partial charge in [0.15, 0.2) is 9.84 Å². The van der Waals surface area contributed by atoms with Gasteiger partial charge >= 0.3 is 0 Å². The van der Waals surface area contributed by atoms with E-state index in [4.69, 9.17) is 0 Å². The van der Waals surface area contributed by atoms with E-state index in [0.29, 0.717) is 4.90 Å². The normalized spacial score (nSPS) is 19.3. The molecule has 0 saturated carbocycles. The summed E-state index contributed by atoms with van der Waals surface area (Å²) in [5.74, 6) is 0.203. The summed E-state index contributed by atoms with van der Waals surface area (Å²) in [5.41, 5.74) is 0. The molecule has 1 saturated heterocycles. The Balaban J connectivity index is 2.05. The Labute approximate surface area is 124 Å². The topological polar surface area (TPSA) is 37.4 Å². The second-order valence-electron chi connectivity index (χ2n) is 5.18. The molecule has 1 aromatic carbocycles. The van der Waals surface area contributed by atoms with Gasteiger partial charge in [0, 0.05) is 10.5 Å². The predicted molar refractivity (Wildman–Crippen MR) is 81.1 cm³/mol. The summed E-state index contributed by atoms with van der Waals surface area (Å²) in [4.78, 5) is 2.71. The van der Waals surface area contributed by atoms with Crippen LogP contribution in [0.15, 0.2) is 33.6 Å². The molecule has 1 aliphatic heterocycles. The second kappa shape index (κ2) is 6.37. The first kappa shape index (κ1) is 15.0. The first-order chi connectivity index (χ1) is 8.99. The fourth-order valence-corrected chi connectivity index (χ4v) is 4.37. The highest BCUT2D eigenvalue weighted by Gasteiger charge is 2.23. The van der Waals surface area contributed by atoms with Gasteiger partial charge in [0.1, 0.15) is 0 Å². The molecule has 5 heteroatoms. The zero-order valence-electron chi connectivity index (χ0n) is 11.2. The summed E-state index contributed by atoms with van der Waals surface area (Å²) < 4.78 is 25.6. The number of hydrogen-bond donors (Lipinski definition) is 0. The lowest BCUT2D eigenvalue weighted by molar-refractivity contribution is 0.186. The van der Waals surface area contributed by atoms with Gasteiger partial charge in [-0.2, -0.15) is 0 Å². The number of likely N-dealkylation sites (tertiary alicyclic amines) is 1. The third-order valence-electron chi connectivity index (χ3n) is 3.65.